The SMILES string of the molecule is CC(Nc1ncnc2ncc(Br)cc12)c1cccc(C(F)(F)F)c1. The van der Waals surface area contributed by atoms with Crippen molar-refractivity contribution in [3.8, 4) is 0 Å². The summed E-state index contributed by atoms with van der Waals surface area (Å²) in [7, 11) is 0. The van der Waals surface area contributed by atoms with Crippen LogP contribution in [0.3, 0.4) is 0 Å². The predicted molar refractivity (Wildman–Crippen MR) is 88.5 cm³/mol. The zero-order valence-electron chi connectivity index (χ0n) is 12.5. The van der Waals surface area contributed by atoms with E-state index in [2.05, 4.69) is 36.2 Å². The van der Waals surface area contributed by atoms with E-state index in [0.717, 1.165) is 16.6 Å². The van der Waals surface area contributed by atoms with Crippen molar-refractivity contribution in [3.63, 3.8) is 0 Å². The van der Waals surface area contributed by atoms with Crippen LogP contribution >= 0.6 is 15.9 Å². The zero-order chi connectivity index (χ0) is 17.3. The van der Waals surface area contributed by atoms with Crippen molar-refractivity contribution in [2.45, 2.75) is 19.1 Å². The molecule has 1 N–H and O–H groups in total. The van der Waals surface area contributed by atoms with Crippen molar-refractivity contribution in [1.29, 1.82) is 0 Å². The Kier molecular flexibility index (Phi) is 4.40. The van der Waals surface area contributed by atoms with E-state index in [0.29, 0.717) is 22.4 Å². The lowest BCUT2D eigenvalue weighted by atomic mass is 10.0. The minimum atomic E-state index is -4.37. The van der Waals surface area contributed by atoms with Gasteiger partial charge in [0.15, 0.2) is 5.65 Å². The highest BCUT2D eigenvalue weighted by atomic mass is 79.9. The van der Waals surface area contributed by atoms with E-state index in [4.69, 9.17) is 0 Å². The predicted octanol–water partition coefficient (Wildman–Crippen LogP) is 4.98. The summed E-state index contributed by atoms with van der Waals surface area (Å²) in [4.78, 5) is 12.4. The third-order valence-electron chi connectivity index (χ3n) is 3.52. The van der Waals surface area contributed by atoms with Crippen LogP contribution in [0.25, 0.3) is 11.0 Å². The van der Waals surface area contributed by atoms with Crippen LogP contribution in [0, 0.1) is 0 Å². The molecule has 0 saturated heterocycles. The van der Waals surface area contributed by atoms with Crippen molar-refractivity contribution in [2.24, 2.45) is 0 Å². The average molecular weight is 397 g/mol. The lowest BCUT2D eigenvalue weighted by molar-refractivity contribution is -0.137. The molecule has 1 aromatic carbocycles. The molecule has 0 aliphatic carbocycles. The minimum absolute atomic E-state index is 0.371. The van der Waals surface area contributed by atoms with Gasteiger partial charge in [0.25, 0.3) is 0 Å². The zero-order valence-corrected chi connectivity index (χ0v) is 14.1. The molecular formula is C16H12BrF3N4. The fourth-order valence-corrected chi connectivity index (χ4v) is 2.64. The van der Waals surface area contributed by atoms with Gasteiger partial charge in [0.2, 0.25) is 0 Å². The number of nitrogens with one attached hydrogen (secondary N) is 1. The average Bonchev–Trinajstić information content (AvgIpc) is 2.55. The summed E-state index contributed by atoms with van der Waals surface area (Å²) in [6.07, 6.45) is -1.38. The number of hydrogen-bond donors (Lipinski definition) is 1. The van der Waals surface area contributed by atoms with Gasteiger partial charge in [-0.05, 0) is 46.6 Å². The van der Waals surface area contributed by atoms with Crippen molar-refractivity contribution < 1.29 is 13.2 Å². The number of alkyl halides is 3. The minimum Gasteiger partial charge on any atom is -0.363 e. The summed E-state index contributed by atoms with van der Waals surface area (Å²) in [6, 6.07) is 6.66. The maximum atomic E-state index is 12.9. The molecule has 0 radical (unpaired) electrons. The Morgan fingerprint density at radius 1 is 1.12 bits per heavy atom. The molecular weight excluding hydrogens is 385 g/mol. The molecule has 2 heterocycles. The van der Waals surface area contributed by atoms with Crippen LogP contribution in [0.15, 0.2) is 47.3 Å². The number of pyridine rings is 1. The first-order valence-corrected chi connectivity index (χ1v) is 7.84. The maximum Gasteiger partial charge on any atom is 0.416 e. The van der Waals surface area contributed by atoms with E-state index < -0.39 is 11.7 Å². The Morgan fingerprint density at radius 3 is 2.67 bits per heavy atom. The number of halogens is 4. The highest BCUT2D eigenvalue weighted by molar-refractivity contribution is 9.10. The smallest absolute Gasteiger partial charge is 0.363 e. The second kappa shape index (κ2) is 6.35. The molecule has 0 aliphatic rings. The van der Waals surface area contributed by atoms with Crippen LogP contribution in [0.1, 0.15) is 24.1 Å². The van der Waals surface area contributed by atoms with Crippen molar-refractivity contribution in [3.05, 3.63) is 58.5 Å². The first-order chi connectivity index (χ1) is 11.3. The Labute approximate surface area is 144 Å². The van der Waals surface area contributed by atoms with E-state index in [1.54, 1.807) is 19.2 Å². The molecule has 1 atom stereocenters. The highest BCUT2D eigenvalue weighted by Crippen LogP contribution is 2.32. The van der Waals surface area contributed by atoms with E-state index in [1.807, 2.05) is 6.07 Å². The molecule has 0 bridgehead atoms. The van der Waals surface area contributed by atoms with E-state index in [1.165, 1.54) is 12.4 Å². The number of nitrogens with zero attached hydrogens (tertiary/aromatic N) is 3. The molecule has 0 fully saturated rings. The third kappa shape index (κ3) is 3.48. The van der Waals surface area contributed by atoms with Crippen LogP contribution in [0.4, 0.5) is 19.0 Å². The number of benzene rings is 1. The molecule has 124 valence electrons. The van der Waals surface area contributed by atoms with Gasteiger partial charge in [-0.15, -0.1) is 0 Å². The monoisotopic (exact) mass is 396 g/mol. The van der Waals surface area contributed by atoms with Gasteiger partial charge in [-0.25, -0.2) is 15.0 Å². The summed E-state index contributed by atoms with van der Waals surface area (Å²) in [5.74, 6) is 0.513. The van der Waals surface area contributed by atoms with Gasteiger partial charge >= 0.3 is 6.18 Å². The van der Waals surface area contributed by atoms with Crippen molar-refractivity contribution in [1.82, 2.24) is 15.0 Å². The summed E-state index contributed by atoms with van der Waals surface area (Å²) >= 11 is 3.34. The number of hydrogen-bond acceptors (Lipinski definition) is 4. The second-order valence-electron chi connectivity index (χ2n) is 5.24. The molecule has 2 aromatic heterocycles. The number of aromatic nitrogens is 3. The molecule has 0 saturated carbocycles. The Balaban J connectivity index is 1.93. The number of anilines is 1. The Bertz CT molecular complexity index is 883. The molecule has 0 amide bonds. The van der Waals surface area contributed by atoms with Crippen LogP contribution < -0.4 is 5.32 Å². The maximum absolute atomic E-state index is 12.9. The summed E-state index contributed by atoms with van der Waals surface area (Å²) in [5.41, 5.74) is 0.345. The summed E-state index contributed by atoms with van der Waals surface area (Å²) in [5, 5.41) is 3.81. The number of rotatable bonds is 3. The van der Waals surface area contributed by atoms with Gasteiger partial charge in [-0.3, -0.25) is 0 Å². The topological polar surface area (TPSA) is 50.7 Å². The van der Waals surface area contributed by atoms with Gasteiger partial charge in [0.1, 0.15) is 12.1 Å². The summed E-state index contributed by atoms with van der Waals surface area (Å²) < 4.78 is 39.3. The molecule has 24 heavy (non-hydrogen) atoms. The highest BCUT2D eigenvalue weighted by Gasteiger charge is 2.30. The molecule has 1 unspecified atom stereocenters. The fraction of sp³-hybridized carbons (Fsp3) is 0.188. The second-order valence-corrected chi connectivity index (χ2v) is 6.15. The molecule has 3 rings (SSSR count). The van der Waals surface area contributed by atoms with Gasteiger partial charge in [0.05, 0.1) is 10.9 Å². The molecule has 0 aliphatic heterocycles. The molecule has 4 nitrogen and oxygen atoms in total. The first kappa shape index (κ1) is 16.6. The van der Waals surface area contributed by atoms with Gasteiger partial charge in [-0.1, -0.05) is 12.1 Å². The first-order valence-electron chi connectivity index (χ1n) is 7.04. The fourth-order valence-electron chi connectivity index (χ4n) is 2.31. The van der Waals surface area contributed by atoms with E-state index in [9.17, 15) is 13.2 Å². The quantitative estimate of drug-likeness (QED) is 0.678. The lowest BCUT2D eigenvalue weighted by Gasteiger charge is -2.17. The number of fused-ring (bicyclic) bond motifs is 1. The molecule has 8 heteroatoms. The Morgan fingerprint density at radius 2 is 1.92 bits per heavy atom. The van der Waals surface area contributed by atoms with Crippen LogP contribution in [0.5, 0.6) is 0 Å². The van der Waals surface area contributed by atoms with Gasteiger partial charge < -0.3 is 5.32 Å². The third-order valence-corrected chi connectivity index (χ3v) is 3.96. The van der Waals surface area contributed by atoms with Crippen molar-refractivity contribution >= 4 is 32.8 Å². The molecule has 3 aromatic rings. The Hall–Kier alpha value is -2.22. The van der Waals surface area contributed by atoms with Crippen molar-refractivity contribution in [2.75, 3.05) is 5.32 Å². The standard InChI is InChI=1S/C16H12BrF3N4/c1-9(10-3-2-4-11(5-10)16(18,19)20)24-15-13-6-12(17)7-21-14(13)22-8-23-15/h2-9H,1H3,(H,21,22,23,24). The lowest BCUT2D eigenvalue weighted by Crippen LogP contribution is -2.11. The summed E-state index contributed by atoms with van der Waals surface area (Å²) in [6.45, 7) is 1.77. The van der Waals surface area contributed by atoms with E-state index >= 15 is 0 Å². The van der Waals surface area contributed by atoms with Gasteiger partial charge in [0, 0.05) is 16.7 Å². The van der Waals surface area contributed by atoms with Crippen LogP contribution in [0.2, 0.25) is 0 Å². The largest absolute Gasteiger partial charge is 0.416 e. The molecule has 0 spiro atoms. The normalized spacial score (nSPS) is 13.0. The van der Waals surface area contributed by atoms with Gasteiger partial charge in [-0.2, -0.15) is 13.2 Å². The van der Waals surface area contributed by atoms with Crippen LogP contribution in [-0.2, 0) is 6.18 Å². The van der Waals surface area contributed by atoms with Crippen LogP contribution in [-0.4, -0.2) is 15.0 Å². The van der Waals surface area contributed by atoms with E-state index in [-0.39, 0.29) is 6.04 Å².